The highest BCUT2D eigenvalue weighted by molar-refractivity contribution is 6.31. The molecular formula is C13H18ClNO2. The van der Waals surface area contributed by atoms with Crippen molar-refractivity contribution >= 4 is 17.3 Å². The van der Waals surface area contributed by atoms with Gasteiger partial charge in [0.2, 0.25) is 0 Å². The third kappa shape index (κ3) is 2.73. The molecule has 2 N–H and O–H groups in total. The Labute approximate surface area is 107 Å². The van der Waals surface area contributed by atoms with Gasteiger partial charge in [0.1, 0.15) is 0 Å². The molecule has 0 aromatic heterocycles. The highest BCUT2D eigenvalue weighted by Gasteiger charge is 2.22. The van der Waals surface area contributed by atoms with Gasteiger partial charge in [-0.25, -0.2) is 0 Å². The van der Waals surface area contributed by atoms with Crippen molar-refractivity contribution < 1.29 is 10.2 Å². The molecule has 4 heteroatoms. The number of hydrogen-bond acceptors (Lipinski definition) is 3. The van der Waals surface area contributed by atoms with Gasteiger partial charge in [0, 0.05) is 36.3 Å². The number of hydrogen-bond donors (Lipinski definition) is 2. The fourth-order valence-electron chi connectivity index (χ4n) is 2.27. The Morgan fingerprint density at radius 1 is 1.53 bits per heavy atom. The third-order valence-electron chi connectivity index (χ3n) is 3.34. The summed E-state index contributed by atoms with van der Waals surface area (Å²) in [7, 11) is 0. The van der Waals surface area contributed by atoms with Gasteiger partial charge in [-0.3, -0.25) is 0 Å². The summed E-state index contributed by atoms with van der Waals surface area (Å²) < 4.78 is 0. The summed E-state index contributed by atoms with van der Waals surface area (Å²) in [4.78, 5) is 2.22. The zero-order valence-corrected chi connectivity index (χ0v) is 10.7. The summed E-state index contributed by atoms with van der Waals surface area (Å²) >= 11 is 6.14. The zero-order chi connectivity index (χ0) is 12.4. The van der Waals surface area contributed by atoms with Crippen molar-refractivity contribution in [1.29, 1.82) is 0 Å². The average Bonchev–Trinajstić information content (AvgIpc) is 2.76. The maximum absolute atomic E-state index is 9.51. The van der Waals surface area contributed by atoms with Crippen LogP contribution in [0.2, 0.25) is 5.02 Å². The predicted octanol–water partition coefficient (Wildman–Crippen LogP) is 2.21. The lowest BCUT2D eigenvalue weighted by atomic mass is 10.1. The smallest absolute Gasteiger partial charge is 0.0776 e. The van der Waals surface area contributed by atoms with Crippen molar-refractivity contribution in [3.05, 3.63) is 28.8 Å². The molecule has 2 atom stereocenters. The number of rotatable bonds is 3. The predicted molar refractivity (Wildman–Crippen MR) is 69.5 cm³/mol. The third-order valence-corrected chi connectivity index (χ3v) is 3.67. The van der Waals surface area contributed by atoms with E-state index in [1.807, 2.05) is 18.2 Å². The van der Waals surface area contributed by atoms with Gasteiger partial charge < -0.3 is 15.1 Å². The highest BCUT2D eigenvalue weighted by Crippen LogP contribution is 2.30. The van der Waals surface area contributed by atoms with Crippen LogP contribution in [-0.4, -0.2) is 29.9 Å². The minimum Gasteiger partial charge on any atom is -0.396 e. The molecule has 1 aromatic carbocycles. The van der Waals surface area contributed by atoms with Gasteiger partial charge in [0.15, 0.2) is 0 Å². The van der Waals surface area contributed by atoms with Crippen molar-refractivity contribution in [3.63, 3.8) is 0 Å². The lowest BCUT2D eigenvalue weighted by Gasteiger charge is -2.20. The Bertz CT molecular complexity index is 395. The van der Waals surface area contributed by atoms with Crippen LogP contribution in [0.5, 0.6) is 0 Å². The fourth-order valence-corrected chi connectivity index (χ4v) is 2.60. The standard InChI is InChI=1S/C13H18ClNO2/c1-9(17)12-3-2-11(6-13(12)14)15-5-4-10(7-15)8-16/h2-3,6,9-10,16-17H,4-5,7-8H2,1H3. The van der Waals surface area contributed by atoms with E-state index in [1.165, 1.54) is 0 Å². The number of benzene rings is 1. The normalized spacial score (nSPS) is 21.9. The van der Waals surface area contributed by atoms with Crippen LogP contribution in [0.4, 0.5) is 5.69 Å². The summed E-state index contributed by atoms with van der Waals surface area (Å²) in [5.41, 5.74) is 1.82. The molecule has 0 amide bonds. The minimum absolute atomic E-state index is 0.246. The highest BCUT2D eigenvalue weighted by atomic mass is 35.5. The summed E-state index contributed by atoms with van der Waals surface area (Å²) in [6.45, 7) is 3.78. The molecule has 1 heterocycles. The van der Waals surface area contributed by atoms with Gasteiger partial charge in [-0.15, -0.1) is 0 Å². The van der Waals surface area contributed by atoms with Crippen LogP contribution in [0.15, 0.2) is 18.2 Å². The van der Waals surface area contributed by atoms with Gasteiger partial charge in [0.05, 0.1) is 6.10 Å². The summed E-state index contributed by atoms with van der Waals surface area (Å²) in [5, 5.41) is 19.2. The first-order valence-electron chi connectivity index (χ1n) is 5.95. The molecule has 1 fully saturated rings. The van der Waals surface area contributed by atoms with Crippen molar-refractivity contribution in [2.75, 3.05) is 24.6 Å². The van der Waals surface area contributed by atoms with E-state index in [-0.39, 0.29) is 6.61 Å². The van der Waals surface area contributed by atoms with Crippen molar-refractivity contribution in [3.8, 4) is 0 Å². The van der Waals surface area contributed by atoms with E-state index in [4.69, 9.17) is 16.7 Å². The van der Waals surface area contributed by atoms with Crippen LogP contribution < -0.4 is 4.90 Å². The fraction of sp³-hybridized carbons (Fsp3) is 0.538. The summed E-state index contributed by atoms with van der Waals surface area (Å²) in [5.74, 6) is 0.366. The monoisotopic (exact) mass is 255 g/mol. The Hall–Kier alpha value is -0.770. The van der Waals surface area contributed by atoms with E-state index in [1.54, 1.807) is 6.92 Å². The van der Waals surface area contributed by atoms with Crippen LogP contribution in [0.1, 0.15) is 25.0 Å². The van der Waals surface area contributed by atoms with E-state index in [2.05, 4.69) is 4.90 Å². The van der Waals surface area contributed by atoms with Crippen molar-refractivity contribution in [2.45, 2.75) is 19.4 Å². The Morgan fingerprint density at radius 2 is 2.29 bits per heavy atom. The molecule has 0 aliphatic carbocycles. The maximum Gasteiger partial charge on any atom is 0.0776 e. The molecule has 0 saturated carbocycles. The number of anilines is 1. The Morgan fingerprint density at radius 3 is 2.82 bits per heavy atom. The van der Waals surface area contributed by atoms with E-state index in [0.29, 0.717) is 10.9 Å². The van der Waals surface area contributed by atoms with Crippen LogP contribution >= 0.6 is 11.6 Å². The molecule has 3 nitrogen and oxygen atoms in total. The van der Waals surface area contributed by atoms with Crippen molar-refractivity contribution in [1.82, 2.24) is 0 Å². The molecule has 0 spiro atoms. The van der Waals surface area contributed by atoms with E-state index in [9.17, 15) is 5.11 Å². The molecule has 1 aliphatic heterocycles. The first-order valence-corrected chi connectivity index (χ1v) is 6.33. The zero-order valence-electron chi connectivity index (χ0n) is 9.93. The first kappa shape index (κ1) is 12.7. The van der Waals surface area contributed by atoms with Gasteiger partial charge in [-0.1, -0.05) is 17.7 Å². The number of nitrogens with zero attached hydrogens (tertiary/aromatic N) is 1. The summed E-state index contributed by atoms with van der Waals surface area (Å²) in [6.07, 6.45) is 0.479. The largest absolute Gasteiger partial charge is 0.396 e. The molecule has 1 aliphatic rings. The molecule has 0 radical (unpaired) electrons. The average molecular weight is 256 g/mol. The van der Waals surface area contributed by atoms with Gasteiger partial charge in [-0.2, -0.15) is 0 Å². The molecule has 1 saturated heterocycles. The molecule has 2 unspecified atom stereocenters. The van der Waals surface area contributed by atoms with Crippen LogP contribution in [0, 0.1) is 5.92 Å². The topological polar surface area (TPSA) is 43.7 Å². The van der Waals surface area contributed by atoms with Gasteiger partial charge in [0.25, 0.3) is 0 Å². The number of aliphatic hydroxyl groups is 2. The molecule has 2 rings (SSSR count). The second-order valence-electron chi connectivity index (χ2n) is 4.67. The van der Waals surface area contributed by atoms with E-state index in [0.717, 1.165) is 30.8 Å². The number of halogens is 1. The second-order valence-corrected chi connectivity index (χ2v) is 5.07. The Balaban J connectivity index is 2.15. The quantitative estimate of drug-likeness (QED) is 0.870. The SMILES string of the molecule is CC(O)c1ccc(N2CCC(CO)C2)cc1Cl. The maximum atomic E-state index is 9.51. The molecule has 94 valence electrons. The van der Waals surface area contributed by atoms with Crippen LogP contribution in [0.25, 0.3) is 0 Å². The lowest BCUT2D eigenvalue weighted by molar-refractivity contribution is 0.199. The van der Waals surface area contributed by atoms with E-state index >= 15 is 0 Å². The van der Waals surface area contributed by atoms with Crippen LogP contribution in [0.3, 0.4) is 0 Å². The molecule has 0 bridgehead atoms. The molecular weight excluding hydrogens is 238 g/mol. The Kier molecular flexibility index (Phi) is 3.92. The molecule has 17 heavy (non-hydrogen) atoms. The minimum atomic E-state index is -0.541. The van der Waals surface area contributed by atoms with Crippen LogP contribution in [-0.2, 0) is 0 Å². The number of aliphatic hydroxyl groups excluding tert-OH is 2. The lowest BCUT2D eigenvalue weighted by Crippen LogP contribution is -2.20. The van der Waals surface area contributed by atoms with Gasteiger partial charge in [-0.05, 0) is 31.0 Å². The van der Waals surface area contributed by atoms with E-state index < -0.39 is 6.10 Å². The van der Waals surface area contributed by atoms with Crippen molar-refractivity contribution in [2.24, 2.45) is 5.92 Å². The molecule has 1 aromatic rings. The van der Waals surface area contributed by atoms with Gasteiger partial charge >= 0.3 is 0 Å². The second kappa shape index (κ2) is 5.25. The first-order chi connectivity index (χ1) is 8.11. The summed E-state index contributed by atoms with van der Waals surface area (Å²) in [6, 6.07) is 5.74.